The number of nitrogens with zero attached hydrogens (tertiary/aromatic N) is 3. The summed E-state index contributed by atoms with van der Waals surface area (Å²) in [6, 6.07) is 5.70. The first-order valence-electron chi connectivity index (χ1n) is 5.74. The van der Waals surface area contributed by atoms with Gasteiger partial charge >= 0.3 is 0 Å². The maximum Gasteiger partial charge on any atom is 0.257 e. The number of carbonyl (C=O) groups is 1. The van der Waals surface area contributed by atoms with Gasteiger partial charge in [0.25, 0.3) is 5.91 Å². The number of nitrogens with one attached hydrogen (secondary N) is 1. The molecule has 0 spiro atoms. The first-order chi connectivity index (χ1) is 9.06. The van der Waals surface area contributed by atoms with Crippen molar-refractivity contribution < 1.29 is 4.79 Å². The number of rotatable bonds is 0. The van der Waals surface area contributed by atoms with E-state index in [9.17, 15) is 4.79 Å². The molecular weight excluding hydrogens is 264 g/mol. The minimum absolute atomic E-state index is 0.149. The molecule has 2 heterocycles. The Labute approximate surface area is 115 Å². The van der Waals surface area contributed by atoms with Gasteiger partial charge < -0.3 is 10.2 Å². The lowest BCUT2D eigenvalue weighted by Crippen LogP contribution is -2.13. The minimum Gasteiger partial charge on any atom is -0.327 e. The van der Waals surface area contributed by atoms with Gasteiger partial charge in [-0.15, -0.1) is 0 Å². The van der Waals surface area contributed by atoms with E-state index >= 15 is 0 Å². The Kier molecular flexibility index (Phi) is 2.64. The number of benzene rings is 1. The maximum absolute atomic E-state index is 12.2. The molecule has 0 bridgehead atoms. The Morgan fingerprint density at radius 2 is 2.16 bits per heavy atom. The van der Waals surface area contributed by atoms with Crippen molar-refractivity contribution in [2.45, 2.75) is 6.92 Å². The molecule has 1 amide bonds. The largest absolute Gasteiger partial charge is 0.327 e. The molecule has 6 heteroatoms. The van der Waals surface area contributed by atoms with Crippen molar-refractivity contribution in [1.82, 2.24) is 9.97 Å². The summed E-state index contributed by atoms with van der Waals surface area (Å²) in [5.41, 5.74) is 2.97. The number of aromatic nitrogens is 2. The van der Waals surface area contributed by atoms with Crippen LogP contribution in [0.2, 0.25) is 5.28 Å². The maximum atomic E-state index is 12.2. The van der Waals surface area contributed by atoms with Crippen molar-refractivity contribution in [3.05, 3.63) is 40.8 Å². The molecule has 0 atom stereocenters. The van der Waals surface area contributed by atoms with Gasteiger partial charge in [0.05, 0.1) is 17.4 Å². The van der Waals surface area contributed by atoms with Crippen LogP contribution in [0.3, 0.4) is 0 Å². The normalized spacial score (nSPS) is 13.4. The van der Waals surface area contributed by atoms with E-state index < -0.39 is 0 Å². The van der Waals surface area contributed by atoms with Gasteiger partial charge in [0, 0.05) is 7.05 Å². The van der Waals surface area contributed by atoms with Crippen LogP contribution in [-0.4, -0.2) is 22.9 Å². The van der Waals surface area contributed by atoms with Crippen LogP contribution in [0, 0.1) is 6.92 Å². The van der Waals surface area contributed by atoms with E-state index in [4.69, 9.17) is 11.6 Å². The Hall–Kier alpha value is -2.14. The van der Waals surface area contributed by atoms with E-state index in [0.29, 0.717) is 17.1 Å². The topological polar surface area (TPSA) is 58.1 Å². The van der Waals surface area contributed by atoms with E-state index in [0.717, 1.165) is 11.3 Å². The number of fused-ring (bicyclic) bond motifs is 2. The molecule has 1 aliphatic heterocycles. The molecule has 5 nitrogen and oxygen atoms in total. The van der Waals surface area contributed by atoms with E-state index in [-0.39, 0.29) is 11.2 Å². The van der Waals surface area contributed by atoms with Crippen molar-refractivity contribution >= 4 is 34.7 Å². The second-order valence-corrected chi connectivity index (χ2v) is 4.75. The minimum atomic E-state index is -0.171. The first-order valence-corrected chi connectivity index (χ1v) is 6.12. The molecule has 0 saturated carbocycles. The summed E-state index contributed by atoms with van der Waals surface area (Å²) in [4.78, 5) is 22.1. The third-order valence-electron chi connectivity index (χ3n) is 3.06. The van der Waals surface area contributed by atoms with Crippen molar-refractivity contribution in [2.24, 2.45) is 0 Å². The summed E-state index contributed by atoms with van der Waals surface area (Å²) in [6.07, 6.45) is 1.51. The zero-order valence-electron chi connectivity index (χ0n) is 10.4. The number of carbonyl (C=O) groups excluding carboxylic acids is 1. The molecule has 3 rings (SSSR count). The van der Waals surface area contributed by atoms with Gasteiger partial charge in [0.1, 0.15) is 5.69 Å². The molecule has 1 aromatic carbocycles. The Bertz CT molecular complexity index is 686. The quantitative estimate of drug-likeness (QED) is 0.751. The van der Waals surface area contributed by atoms with Gasteiger partial charge in [-0.3, -0.25) is 4.79 Å². The van der Waals surface area contributed by atoms with E-state index in [1.165, 1.54) is 6.20 Å². The van der Waals surface area contributed by atoms with E-state index in [1.807, 2.05) is 37.1 Å². The molecule has 19 heavy (non-hydrogen) atoms. The van der Waals surface area contributed by atoms with Crippen LogP contribution < -0.4 is 10.2 Å². The smallest absolute Gasteiger partial charge is 0.257 e. The number of amides is 1. The zero-order chi connectivity index (χ0) is 13.6. The molecule has 0 unspecified atom stereocenters. The van der Waals surface area contributed by atoms with Crippen molar-refractivity contribution in [3.8, 4) is 0 Å². The van der Waals surface area contributed by atoms with Crippen LogP contribution in [0.5, 0.6) is 0 Å². The lowest BCUT2D eigenvalue weighted by atomic mass is 10.1. The molecule has 1 aliphatic rings. The molecule has 2 aromatic rings. The SMILES string of the molecule is Cc1ccc2c(c1)C(=O)Nc1cnc(Cl)nc1N2C. The van der Waals surface area contributed by atoms with Gasteiger partial charge in [-0.05, 0) is 30.7 Å². The highest BCUT2D eigenvalue weighted by atomic mass is 35.5. The molecule has 96 valence electrons. The average molecular weight is 275 g/mol. The third kappa shape index (κ3) is 1.92. The zero-order valence-corrected chi connectivity index (χ0v) is 11.2. The Balaban J connectivity index is 2.25. The fraction of sp³-hybridized carbons (Fsp3) is 0.154. The Morgan fingerprint density at radius 1 is 1.37 bits per heavy atom. The highest BCUT2D eigenvalue weighted by molar-refractivity contribution is 6.28. The summed E-state index contributed by atoms with van der Waals surface area (Å²) in [5, 5.41) is 2.95. The third-order valence-corrected chi connectivity index (χ3v) is 3.25. The lowest BCUT2D eigenvalue weighted by Gasteiger charge is -2.19. The van der Waals surface area contributed by atoms with E-state index in [2.05, 4.69) is 15.3 Å². The summed E-state index contributed by atoms with van der Waals surface area (Å²) in [7, 11) is 1.84. The van der Waals surface area contributed by atoms with Crippen LogP contribution in [0.15, 0.2) is 24.4 Å². The van der Waals surface area contributed by atoms with Crippen molar-refractivity contribution in [2.75, 3.05) is 17.3 Å². The molecule has 0 aliphatic carbocycles. The van der Waals surface area contributed by atoms with Crippen LogP contribution in [0.1, 0.15) is 15.9 Å². The number of aryl methyl sites for hydroxylation is 1. The summed E-state index contributed by atoms with van der Waals surface area (Å²) < 4.78 is 0. The second kappa shape index (κ2) is 4.20. The van der Waals surface area contributed by atoms with Gasteiger partial charge in [-0.25, -0.2) is 4.98 Å². The molecule has 1 N–H and O–H groups in total. The standard InChI is InChI=1S/C13H11ClN4O/c1-7-3-4-10-8(5-7)12(19)16-9-6-15-13(14)17-11(9)18(10)2/h3-6H,1-2H3,(H,16,19). The highest BCUT2D eigenvalue weighted by Gasteiger charge is 2.24. The number of halogens is 1. The molecule has 0 fully saturated rings. The van der Waals surface area contributed by atoms with Gasteiger partial charge in [0.15, 0.2) is 5.82 Å². The van der Waals surface area contributed by atoms with Crippen LogP contribution in [0.4, 0.5) is 17.2 Å². The van der Waals surface area contributed by atoms with E-state index in [1.54, 1.807) is 0 Å². The molecule has 0 saturated heterocycles. The number of hydrogen-bond donors (Lipinski definition) is 1. The van der Waals surface area contributed by atoms with Gasteiger partial charge in [0.2, 0.25) is 5.28 Å². The molecular formula is C13H11ClN4O. The average Bonchev–Trinajstić information content (AvgIpc) is 2.48. The monoisotopic (exact) mass is 274 g/mol. The summed E-state index contributed by atoms with van der Waals surface area (Å²) in [6.45, 7) is 1.95. The predicted octanol–water partition coefficient (Wildman–Crippen LogP) is 2.77. The fourth-order valence-electron chi connectivity index (χ4n) is 2.12. The molecule has 1 aromatic heterocycles. The van der Waals surface area contributed by atoms with Crippen molar-refractivity contribution in [3.63, 3.8) is 0 Å². The van der Waals surface area contributed by atoms with Crippen molar-refractivity contribution in [1.29, 1.82) is 0 Å². The highest BCUT2D eigenvalue weighted by Crippen LogP contribution is 2.35. The predicted molar refractivity (Wildman–Crippen MR) is 74.2 cm³/mol. The van der Waals surface area contributed by atoms with Crippen LogP contribution in [-0.2, 0) is 0 Å². The summed E-state index contributed by atoms with van der Waals surface area (Å²) in [5.74, 6) is 0.408. The lowest BCUT2D eigenvalue weighted by molar-refractivity contribution is 0.102. The summed E-state index contributed by atoms with van der Waals surface area (Å²) >= 11 is 5.82. The number of hydrogen-bond acceptors (Lipinski definition) is 4. The van der Waals surface area contributed by atoms with Gasteiger partial charge in [-0.2, -0.15) is 4.98 Å². The van der Waals surface area contributed by atoms with Crippen LogP contribution in [0.25, 0.3) is 0 Å². The Morgan fingerprint density at radius 3 is 2.95 bits per heavy atom. The number of anilines is 3. The fourth-order valence-corrected chi connectivity index (χ4v) is 2.25. The van der Waals surface area contributed by atoms with Gasteiger partial charge in [-0.1, -0.05) is 11.6 Å². The molecule has 0 radical (unpaired) electrons. The first kappa shape index (κ1) is 11.9. The van der Waals surface area contributed by atoms with Crippen LogP contribution >= 0.6 is 11.6 Å². The second-order valence-electron chi connectivity index (χ2n) is 4.41.